The molecule has 1 rings (SSSR count). The highest BCUT2D eigenvalue weighted by Crippen LogP contribution is 2.28. The highest BCUT2D eigenvalue weighted by molar-refractivity contribution is 5.17. The monoisotopic (exact) mass is 251 g/mol. The van der Waals surface area contributed by atoms with Crippen LogP contribution in [0.1, 0.15) is 5.69 Å². The largest absolute Gasteiger partial charge is 0.475 e. The Morgan fingerprint density at radius 3 is 2.59 bits per heavy atom. The number of aliphatic hydroxyl groups excluding tert-OH is 1. The lowest BCUT2D eigenvalue weighted by molar-refractivity contribution is -0.141. The average molecular weight is 251 g/mol. The van der Waals surface area contributed by atoms with Crippen LogP contribution in [0.3, 0.4) is 0 Å². The number of aliphatic hydroxyl groups is 1. The molecule has 1 aromatic rings. The molecule has 17 heavy (non-hydrogen) atoms. The Morgan fingerprint density at radius 1 is 1.18 bits per heavy atom. The first kappa shape index (κ1) is 13.7. The molecule has 0 unspecified atom stereocenters. The molecule has 0 aliphatic rings. The normalized spacial score (nSPS) is 11.5. The quantitative estimate of drug-likeness (QED) is 0.778. The standard InChI is InChI=1S/C10H12F3NO3/c11-10(12,13)8-2-1-3-9(14-8)17-7-6-16-5-4-15/h1-3,15H,4-7H2. The first-order valence-corrected chi connectivity index (χ1v) is 4.89. The van der Waals surface area contributed by atoms with Gasteiger partial charge in [-0.3, -0.25) is 0 Å². The lowest BCUT2D eigenvalue weighted by Crippen LogP contribution is -2.12. The van der Waals surface area contributed by atoms with E-state index in [2.05, 4.69) is 4.98 Å². The van der Waals surface area contributed by atoms with Gasteiger partial charge in [0.25, 0.3) is 0 Å². The zero-order valence-electron chi connectivity index (χ0n) is 8.91. The van der Waals surface area contributed by atoms with Crippen molar-refractivity contribution in [2.45, 2.75) is 6.18 Å². The second-order valence-electron chi connectivity index (χ2n) is 3.04. The highest BCUT2D eigenvalue weighted by atomic mass is 19.4. The van der Waals surface area contributed by atoms with Gasteiger partial charge >= 0.3 is 6.18 Å². The summed E-state index contributed by atoms with van der Waals surface area (Å²) in [7, 11) is 0. The van der Waals surface area contributed by atoms with Crippen LogP contribution in [0.5, 0.6) is 5.88 Å². The lowest BCUT2D eigenvalue weighted by atomic mass is 10.3. The van der Waals surface area contributed by atoms with Crippen molar-refractivity contribution in [3.63, 3.8) is 0 Å². The molecule has 1 heterocycles. The molecule has 0 spiro atoms. The molecule has 0 fully saturated rings. The third kappa shape index (κ3) is 5.01. The van der Waals surface area contributed by atoms with Gasteiger partial charge < -0.3 is 14.6 Å². The van der Waals surface area contributed by atoms with Crippen LogP contribution < -0.4 is 4.74 Å². The second-order valence-corrected chi connectivity index (χ2v) is 3.04. The zero-order chi connectivity index (χ0) is 12.7. The van der Waals surface area contributed by atoms with Crippen molar-refractivity contribution in [3.8, 4) is 5.88 Å². The van der Waals surface area contributed by atoms with E-state index in [0.29, 0.717) is 0 Å². The zero-order valence-corrected chi connectivity index (χ0v) is 8.91. The Hall–Kier alpha value is -1.34. The molecule has 4 nitrogen and oxygen atoms in total. The van der Waals surface area contributed by atoms with Gasteiger partial charge in [-0.05, 0) is 6.07 Å². The topological polar surface area (TPSA) is 51.6 Å². The summed E-state index contributed by atoms with van der Waals surface area (Å²) in [5.41, 5.74) is -0.994. The fraction of sp³-hybridized carbons (Fsp3) is 0.500. The molecule has 96 valence electrons. The van der Waals surface area contributed by atoms with Crippen molar-refractivity contribution in [2.24, 2.45) is 0 Å². The third-order valence-electron chi connectivity index (χ3n) is 1.73. The number of ether oxygens (including phenoxy) is 2. The predicted molar refractivity (Wildman–Crippen MR) is 52.6 cm³/mol. The molecule has 0 aliphatic carbocycles. The molecule has 0 saturated heterocycles. The molecule has 0 aromatic carbocycles. The number of alkyl halides is 3. The van der Waals surface area contributed by atoms with E-state index in [0.717, 1.165) is 6.07 Å². The van der Waals surface area contributed by atoms with E-state index in [4.69, 9.17) is 14.6 Å². The maximum atomic E-state index is 12.3. The van der Waals surface area contributed by atoms with Crippen LogP contribution >= 0.6 is 0 Å². The molecule has 1 aromatic heterocycles. The van der Waals surface area contributed by atoms with Gasteiger partial charge in [0, 0.05) is 6.07 Å². The molecule has 0 atom stereocenters. The van der Waals surface area contributed by atoms with Crippen LogP contribution in [-0.4, -0.2) is 36.5 Å². The second kappa shape index (κ2) is 6.41. The summed E-state index contributed by atoms with van der Waals surface area (Å²) < 4.78 is 46.7. The predicted octanol–water partition coefficient (Wildman–Crippen LogP) is 1.49. The van der Waals surface area contributed by atoms with Crippen molar-refractivity contribution < 1.29 is 27.8 Å². The Kier molecular flexibility index (Phi) is 5.17. The molecule has 1 N–H and O–H groups in total. The molecule has 0 bridgehead atoms. The van der Waals surface area contributed by atoms with Gasteiger partial charge in [0.2, 0.25) is 5.88 Å². The van der Waals surface area contributed by atoms with E-state index in [1.54, 1.807) is 0 Å². The number of pyridine rings is 1. The minimum absolute atomic E-state index is 0.0777. The summed E-state index contributed by atoms with van der Waals surface area (Å²) in [6.07, 6.45) is -4.48. The summed E-state index contributed by atoms with van der Waals surface area (Å²) in [5, 5.41) is 8.41. The first-order valence-electron chi connectivity index (χ1n) is 4.89. The number of hydrogen-bond acceptors (Lipinski definition) is 4. The van der Waals surface area contributed by atoms with E-state index in [1.807, 2.05) is 0 Å². The smallest absolute Gasteiger partial charge is 0.433 e. The van der Waals surface area contributed by atoms with Crippen molar-refractivity contribution in [1.82, 2.24) is 4.98 Å². The number of rotatable bonds is 6. The molecule has 7 heteroatoms. The summed E-state index contributed by atoms with van der Waals surface area (Å²) >= 11 is 0. The lowest BCUT2D eigenvalue weighted by Gasteiger charge is -2.09. The summed E-state index contributed by atoms with van der Waals surface area (Å²) in [4.78, 5) is 3.31. The Balaban J connectivity index is 2.44. The summed E-state index contributed by atoms with van der Waals surface area (Å²) in [6, 6.07) is 3.43. The number of nitrogens with zero attached hydrogens (tertiary/aromatic N) is 1. The van der Waals surface area contributed by atoms with Crippen molar-refractivity contribution in [2.75, 3.05) is 26.4 Å². The third-order valence-corrected chi connectivity index (χ3v) is 1.73. The van der Waals surface area contributed by atoms with Crippen LogP contribution in [0.2, 0.25) is 0 Å². The Bertz CT molecular complexity index is 344. The van der Waals surface area contributed by atoms with Gasteiger partial charge in [0.05, 0.1) is 19.8 Å². The first-order chi connectivity index (χ1) is 8.04. The Labute approximate surface area is 96.0 Å². The average Bonchev–Trinajstić information content (AvgIpc) is 2.28. The Morgan fingerprint density at radius 2 is 1.94 bits per heavy atom. The molecule has 0 aliphatic heterocycles. The summed E-state index contributed by atoms with van der Waals surface area (Å²) in [5.74, 6) is -0.104. The molecular weight excluding hydrogens is 239 g/mol. The van der Waals surface area contributed by atoms with Crippen LogP contribution in [0, 0.1) is 0 Å². The van der Waals surface area contributed by atoms with E-state index in [1.165, 1.54) is 12.1 Å². The number of aromatic nitrogens is 1. The molecule has 0 amide bonds. The van der Waals surface area contributed by atoms with Gasteiger partial charge in [-0.2, -0.15) is 13.2 Å². The van der Waals surface area contributed by atoms with Gasteiger partial charge in [0.1, 0.15) is 12.3 Å². The van der Waals surface area contributed by atoms with Gasteiger partial charge in [-0.25, -0.2) is 4.98 Å². The SMILES string of the molecule is OCCOCCOc1cccc(C(F)(F)F)n1. The molecule has 0 saturated carbocycles. The maximum absolute atomic E-state index is 12.3. The van der Waals surface area contributed by atoms with Crippen LogP contribution in [0.15, 0.2) is 18.2 Å². The molecular formula is C10H12F3NO3. The van der Waals surface area contributed by atoms with Crippen LogP contribution in [0.4, 0.5) is 13.2 Å². The van der Waals surface area contributed by atoms with Crippen molar-refractivity contribution >= 4 is 0 Å². The minimum atomic E-state index is -4.48. The summed E-state index contributed by atoms with van der Waals surface area (Å²) in [6.45, 7) is 0.313. The van der Waals surface area contributed by atoms with Gasteiger partial charge in [-0.1, -0.05) is 6.07 Å². The number of halogens is 3. The van der Waals surface area contributed by atoms with Crippen LogP contribution in [0.25, 0.3) is 0 Å². The van der Waals surface area contributed by atoms with Gasteiger partial charge in [0.15, 0.2) is 0 Å². The minimum Gasteiger partial charge on any atom is -0.475 e. The van der Waals surface area contributed by atoms with Crippen molar-refractivity contribution in [3.05, 3.63) is 23.9 Å². The fourth-order valence-electron chi connectivity index (χ4n) is 1.02. The maximum Gasteiger partial charge on any atom is 0.433 e. The van der Waals surface area contributed by atoms with Gasteiger partial charge in [-0.15, -0.1) is 0 Å². The molecule has 0 radical (unpaired) electrons. The highest BCUT2D eigenvalue weighted by Gasteiger charge is 2.32. The van der Waals surface area contributed by atoms with E-state index in [-0.39, 0.29) is 32.3 Å². The van der Waals surface area contributed by atoms with Crippen molar-refractivity contribution in [1.29, 1.82) is 0 Å². The van der Waals surface area contributed by atoms with E-state index >= 15 is 0 Å². The van der Waals surface area contributed by atoms with E-state index < -0.39 is 11.9 Å². The fourth-order valence-corrected chi connectivity index (χ4v) is 1.02. The van der Waals surface area contributed by atoms with E-state index in [9.17, 15) is 13.2 Å². The number of hydrogen-bond donors (Lipinski definition) is 1. The van der Waals surface area contributed by atoms with Crippen LogP contribution in [-0.2, 0) is 10.9 Å².